The number of unbranched alkanes of at least 4 members (excludes halogenated alkanes) is 12. The van der Waals surface area contributed by atoms with Crippen molar-refractivity contribution in [3.05, 3.63) is 29.8 Å². The molecule has 0 aliphatic carbocycles. The second kappa shape index (κ2) is 23.2. The average Bonchev–Trinajstić information content (AvgIpc) is 2.98. The molecule has 0 heterocycles. The maximum absolute atomic E-state index is 12.5. The maximum atomic E-state index is 12.5. The molecule has 0 amide bonds. The molecule has 0 fully saturated rings. The molecular formula is C33H58O7PS+. The van der Waals surface area contributed by atoms with Crippen molar-refractivity contribution in [3.8, 4) is 5.75 Å². The van der Waals surface area contributed by atoms with Crippen LogP contribution in [0.4, 0.5) is 0 Å². The number of hydrogen-bond donors (Lipinski definition) is 1. The Balaban J connectivity index is 2.59. The van der Waals surface area contributed by atoms with Crippen LogP contribution in [-0.4, -0.2) is 48.3 Å². The second-order valence-electron chi connectivity index (χ2n) is 12.1. The first-order valence-electron chi connectivity index (χ1n) is 16.1. The number of carbonyl (C=O) groups excluding carboxylic acids is 1. The van der Waals surface area contributed by atoms with Crippen LogP contribution in [0, 0.1) is 0 Å². The Morgan fingerprint density at radius 2 is 1.38 bits per heavy atom. The van der Waals surface area contributed by atoms with E-state index in [-0.39, 0.29) is 18.6 Å². The third-order valence-electron chi connectivity index (χ3n) is 7.12. The zero-order valence-electron chi connectivity index (χ0n) is 26.9. The summed E-state index contributed by atoms with van der Waals surface area (Å²) in [6.07, 6.45) is 15.7. The van der Waals surface area contributed by atoms with E-state index in [4.69, 9.17) is 18.4 Å². The van der Waals surface area contributed by atoms with Crippen LogP contribution in [0.25, 0.3) is 0 Å². The fourth-order valence-corrected chi connectivity index (χ4v) is 5.28. The van der Waals surface area contributed by atoms with Crippen molar-refractivity contribution in [3.63, 3.8) is 0 Å². The first-order valence-corrected chi connectivity index (χ1v) is 17.9. The fourth-order valence-electron chi connectivity index (χ4n) is 4.31. The van der Waals surface area contributed by atoms with Crippen molar-refractivity contribution in [1.29, 1.82) is 0 Å². The number of benzene rings is 1. The highest BCUT2D eigenvalue weighted by Gasteiger charge is 2.50. The minimum Gasteiger partial charge on any atom is -0.491 e. The molecule has 0 saturated carbocycles. The molecule has 3 atom stereocenters. The molecule has 0 bridgehead atoms. The van der Waals surface area contributed by atoms with Gasteiger partial charge < -0.3 is 18.8 Å². The molecule has 1 aromatic rings. The normalized spacial score (nSPS) is 14.0. The van der Waals surface area contributed by atoms with Crippen molar-refractivity contribution in [2.24, 2.45) is 0 Å². The zero-order valence-corrected chi connectivity index (χ0v) is 28.7. The Morgan fingerprint density at radius 1 is 0.833 bits per heavy atom. The summed E-state index contributed by atoms with van der Waals surface area (Å²) < 4.78 is 34.4. The zero-order chi connectivity index (χ0) is 31.1. The van der Waals surface area contributed by atoms with E-state index < -0.39 is 26.1 Å². The smallest absolute Gasteiger partial charge is 0.471 e. The van der Waals surface area contributed by atoms with E-state index >= 15 is 0 Å². The predicted molar refractivity (Wildman–Crippen MR) is 175 cm³/mol. The lowest BCUT2D eigenvalue weighted by Gasteiger charge is -2.22. The lowest BCUT2D eigenvalue weighted by atomic mass is 9.87. The number of hydrogen-bond acceptors (Lipinski definition) is 8. The van der Waals surface area contributed by atoms with Crippen molar-refractivity contribution >= 4 is 26.5 Å². The molecule has 0 aromatic heterocycles. The van der Waals surface area contributed by atoms with Gasteiger partial charge in [-0.1, -0.05) is 128 Å². The molecule has 242 valence electrons. The van der Waals surface area contributed by atoms with Gasteiger partial charge in [0.1, 0.15) is 18.5 Å². The Bertz CT molecular complexity index is 831. The quantitative estimate of drug-likeness (QED) is 0.0470. The first kappa shape index (κ1) is 38.8. The third kappa shape index (κ3) is 17.8. The molecule has 0 spiro atoms. The van der Waals surface area contributed by atoms with Gasteiger partial charge in [0.25, 0.3) is 0 Å². The van der Waals surface area contributed by atoms with Gasteiger partial charge in [0.05, 0.1) is 18.6 Å². The van der Waals surface area contributed by atoms with Gasteiger partial charge in [-0.3, -0.25) is 4.74 Å². The minimum atomic E-state index is -2.54. The van der Waals surface area contributed by atoms with Gasteiger partial charge in [-0.15, -0.1) is 0 Å². The molecule has 9 heteroatoms. The fraction of sp³-hybridized carbons (Fsp3) is 0.788. The summed E-state index contributed by atoms with van der Waals surface area (Å²) in [5.41, 5.74) is -1.29. The molecule has 0 aliphatic rings. The molecule has 7 nitrogen and oxygen atoms in total. The number of rotatable bonds is 26. The van der Waals surface area contributed by atoms with E-state index in [0.29, 0.717) is 18.1 Å². The summed E-state index contributed by atoms with van der Waals surface area (Å²) >= 11 is 0.959. The molecule has 0 saturated heterocycles. The highest BCUT2D eigenvalue weighted by Crippen LogP contribution is 2.27. The Morgan fingerprint density at radius 3 is 1.93 bits per heavy atom. The standard InChI is InChI=1S/C33H57O7PS/c1-6-8-10-12-14-15-16-18-24-37-30(26-38-29-22-20-28(21-23-29)32(3,4)5)27-39-33(35,41-36)31(34)40-42-25-19-17-13-11-9-7-2/h20-23,30,35H,6-19,24-27H2,1-5H3/p+1. The van der Waals surface area contributed by atoms with Crippen LogP contribution in [0.3, 0.4) is 0 Å². The van der Waals surface area contributed by atoms with Gasteiger partial charge in [0.15, 0.2) is 0 Å². The second-order valence-corrected chi connectivity index (χ2v) is 13.8. The third-order valence-corrected chi connectivity index (χ3v) is 8.47. The van der Waals surface area contributed by atoms with E-state index in [1.807, 2.05) is 24.3 Å². The van der Waals surface area contributed by atoms with Gasteiger partial charge in [0.2, 0.25) is 0 Å². The predicted octanol–water partition coefficient (Wildman–Crippen LogP) is 9.13. The molecule has 0 aliphatic heterocycles. The topological polar surface area (TPSA) is 91.3 Å². The van der Waals surface area contributed by atoms with Crippen molar-refractivity contribution in [2.45, 2.75) is 142 Å². The highest BCUT2D eigenvalue weighted by atomic mass is 32.2. The SMILES string of the molecule is CCCCCCCCCCOC(COc1ccc(C(C)(C)C)cc1)COC(O)([PH+]=O)C(=O)OSCCCCCCCC. The summed E-state index contributed by atoms with van der Waals surface area (Å²) in [6.45, 7) is 11.4. The van der Waals surface area contributed by atoms with Crippen molar-refractivity contribution in [1.82, 2.24) is 0 Å². The molecule has 0 radical (unpaired) electrons. The minimum absolute atomic E-state index is 0.0408. The molecule has 3 unspecified atom stereocenters. The van der Waals surface area contributed by atoms with Gasteiger partial charge >= 0.3 is 20.0 Å². The molecular weight excluding hydrogens is 571 g/mol. The van der Waals surface area contributed by atoms with Crippen molar-refractivity contribution < 1.29 is 32.9 Å². The average molecular weight is 630 g/mol. The van der Waals surface area contributed by atoms with Crippen LogP contribution in [0.2, 0.25) is 0 Å². The summed E-state index contributed by atoms with van der Waals surface area (Å²) in [5.74, 6) is 0.240. The lowest BCUT2D eigenvalue weighted by molar-refractivity contribution is -0.194. The summed E-state index contributed by atoms with van der Waals surface area (Å²) in [7, 11) is -1.44. The monoisotopic (exact) mass is 629 g/mol. The van der Waals surface area contributed by atoms with E-state index in [1.54, 1.807) is 0 Å². The van der Waals surface area contributed by atoms with Gasteiger partial charge in [0, 0.05) is 12.4 Å². The Kier molecular flexibility index (Phi) is 21.5. The van der Waals surface area contributed by atoms with Crippen LogP contribution in [0.1, 0.15) is 130 Å². The van der Waals surface area contributed by atoms with Crippen LogP contribution >= 0.6 is 20.5 Å². The van der Waals surface area contributed by atoms with Crippen molar-refractivity contribution in [2.75, 3.05) is 25.6 Å². The Labute approximate surface area is 261 Å². The Hall–Kier alpha value is -1.18. The van der Waals surface area contributed by atoms with Gasteiger partial charge in [-0.25, -0.2) is 4.79 Å². The van der Waals surface area contributed by atoms with Crippen LogP contribution < -0.4 is 4.74 Å². The molecule has 1 aromatic carbocycles. The number of carbonyl (C=O) groups is 1. The van der Waals surface area contributed by atoms with Gasteiger partial charge in [-0.05, 0) is 36.0 Å². The van der Waals surface area contributed by atoms with E-state index in [9.17, 15) is 14.5 Å². The van der Waals surface area contributed by atoms with Crippen LogP contribution in [0.5, 0.6) is 5.75 Å². The molecule has 42 heavy (non-hydrogen) atoms. The lowest BCUT2D eigenvalue weighted by Crippen LogP contribution is -2.40. The first-order chi connectivity index (χ1) is 20.2. The summed E-state index contributed by atoms with van der Waals surface area (Å²) in [6, 6.07) is 7.92. The maximum Gasteiger partial charge on any atom is 0.471 e. The van der Waals surface area contributed by atoms with Crippen LogP contribution in [0.15, 0.2) is 24.3 Å². The van der Waals surface area contributed by atoms with E-state index in [2.05, 4.69) is 34.6 Å². The number of aliphatic hydroxyl groups is 1. The summed E-state index contributed by atoms with van der Waals surface area (Å²) in [5, 5.41) is 10.7. The number of ether oxygens (including phenoxy) is 3. The van der Waals surface area contributed by atoms with Crippen LogP contribution in [-0.2, 0) is 28.4 Å². The molecule has 1 N–H and O–H groups in total. The van der Waals surface area contributed by atoms with E-state index in [1.165, 1.54) is 63.4 Å². The van der Waals surface area contributed by atoms with Gasteiger partial charge in [-0.2, -0.15) is 0 Å². The highest BCUT2D eigenvalue weighted by molar-refractivity contribution is 7.95. The van der Waals surface area contributed by atoms with E-state index in [0.717, 1.165) is 44.1 Å². The summed E-state index contributed by atoms with van der Waals surface area (Å²) in [4.78, 5) is 12.5. The molecule has 1 rings (SSSR count). The largest absolute Gasteiger partial charge is 0.491 e.